The van der Waals surface area contributed by atoms with Crippen molar-refractivity contribution in [2.24, 2.45) is 5.92 Å². The summed E-state index contributed by atoms with van der Waals surface area (Å²) in [5.74, 6) is 0.756. The van der Waals surface area contributed by atoms with Crippen LogP contribution < -0.4 is 0 Å². The highest BCUT2D eigenvalue weighted by atomic mass is 16.2. The first-order valence-electron chi connectivity index (χ1n) is 5.89. The quantitative estimate of drug-likeness (QED) is 0.724. The van der Waals surface area contributed by atoms with Crippen LogP contribution in [0.15, 0.2) is 18.3 Å². The predicted octanol–water partition coefficient (Wildman–Crippen LogP) is 2.26. The minimum absolute atomic E-state index is 0.136. The van der Waals surface area contributed by atoms with E-state index in [0.29, 0.717) is 5.92 Å². The molecule has 1 atom stereocenters. The molecular weight excluding hydrogens is 200 g/mol. The van der Waals surface area contributed by atoms with Crippen LogP contribution in [0.5, 0.6) is 0 Å². The molecule has 16 heavy (non-hydrogen) atoms. The average molecular weight is 218 g/mol. The molecule has 1 aliphatic rings. The Kier molecular flexibility index (Phi) is 3.22. The molecule has 86 valence electrons. The summed E-state index contributed by atoms with van der Waals surface area (Å²) in [5.41, 5.74) is 1.57. The fourth-order valence-corrected chi connectivity index (χ4v) is 2.25. The Morgan fingerprint density at radius 3 is 3.06 bits per heavy atom. The van der Waals surface area contributed by atoms with E-state index in [1.807, 2.05) is 24.0 Å². The first kappa shape index (κ1) is 11.1. The van der Waals surface area contributed by atoms with E-state index in [1.165, 1.54) is 6.42 Å². The lowest BCUT2D eigenvalue weighted by Crippen LogP contribution is -2.39. The summed E-state index contributed by atoms with van der Waals surface area (Å²) in [6.07, 6.45) is 4.08. The van der Waals surface area contributed by atoms with E-state index in [0.717, 1.165) is 30.8 Å². The van der Waals surface area contributed by atoms with Crippen LogP contribution in [-0.4, -0.2) is 28.9 Å². The molecule has 3 nitrogen and oxygen atoms in total. The minimum atomic E-state index is 0.136. The lowest BCUT2D eigenvalue weighted by molar-refractivity contribution is 0.0682. The number of likely N-dealkylation sites (tertiary alicyclic amines) is 1. The van der Waals surface area contributed by atoms with Crippen molar-refractivity contribution in [3.63, 3.8) is 0 Å². The third kappa shape index (κ3) is 2.23. The van der Waals surface area contributed by atoms with Gasteiger partial charge in [0.15, 0.2) is 0 Å². The fraction of sp³-hybridized carbons (Fsp3) is 0.538. The van der Waals surface area contributed by atoms with Crippen molar-refractivity contribution in [2.75, 3.05) is 13.1 Å². The van der Waals surface area contributed by atoms with Gasteiger partial charge >= 0.3 is 0 Å². The average Bonchev–Trinajstić information content (AvgIpc) is 2.29. The highest BCUT2D eigenvalue weighted by molar-refractivity contribution is 5.95. The van der Waals surface area contributed by atoms with E-state index in [1.54, 1.807) is 6.20 Å². The third-order valence-electron chi connectivity index (χ3n) is 3.18. The molecule has 2 heterocycles. The molecule has 2 rings (SSSR count). The number of hydrogen-bond acceptors (Lipinski definition) is 2. The van der Waals surface area contributed by atoms with Crippen molar-refractivity contribution in [3.8, 4) is 0 Å². The van der Waals surface area contributed by atoms with Gasteiger partial charge in [0.1, 0.15) is 0 Å². The summed E-state index contributed by atoms with van der Waals surface area (Å²) in [5, 5.41) is 0. The van der Waals surface area contributed by atoms with Gasteiger partial charge in [-0.25, -0.2) is 0 Å². The van der Waals surface area contributed by atoms with Crippen LogP contribution in [0.25, 0.3) is 0 Å². The summed E-state index contributed by atoms with van der Waals surface area (Å²) in [6, 6.07) is 3.69. The number of carbonyl (C=O) groups is 1. The summed E-state index contributed by atoms with van der Waals surface area (Å²) >= 11 is 0. The molecule has 1 fully saturated rings. The molecule has 0 spiro atoms. The Balaban J connectivity index is 2.16. The van der Waals surface area contributed by atoms with Gasteiger partial charge in [0.2, 0.25) is 0 Å². The van der Waals surface area contributed by atoms with E-state index in [9.17, 15) is 4.79 Å². The number of nitrogens with zero attached hydrogens (tertiary/aromatic N) is 2. The number of aryl methyl sites for hydroxylation is 1. The molecule has 0 radical (unpaired) electrons. The normalized spacial score (nSPS) is 20.9. The maximum absolute atomic E-state index is 12.3. The molecule has 1 unspecified atom stereocenters. The molecule has 1 aromatic heterocycles. The van der Waals surface area contributed by atoms with Crippen molar-refractivity contribution in [3.05, 3.63) is 29.6 Å². The minimum Gasteiger partial charge on any atom is -0.338 e. The van der Waals surface area contributed by atoms with Crippen LogP contribution in [0, 0.1) is 12.8 Å². The van der Waals surface area contributed by atoms with Crippen molar-refractivity contribution in [1.29, 1.82) is 0 Å². The van der Waals surface area contributed by atoms with Gasteiger partial charge in [0, 0.05) is 25.0 Å². The van der Waals surface area contributed by atoms with Gasteiger partial charge in [-0.15, -0.1) is 0 Å². The Morgan fingerprint density at radius 1 is 1.56 bits per heavy atom. The molecule has 0 aliphatic carbocycles. The number of rotatable bonds is 1. The largest absolute Gasteiger partial charge is 0.338 e. The van der Waals surface area contributed by atoms with Gasteiger partial charge in [-0.2, -0.15) is 0 Å². The maximum Gasteiger partial charge on any atom is 0.255 e. The second-order valence-corrected chi connectivity index (χ2v) is 4.63. The van der Waals surface area contributed by atoms with Crippen LogP contribution in [0.4, 0.5) is 0 Å². The molecule has 3 heteroatoms. The Morgan fingerprint density at radius 2 is 2.38 bits per heavy atom. The van der Waals surface area contributed by atoms with Crippen LogP contribution in [0.2, 0.25) is 0 Å². The van der Waals surface area contributed by atoms with E-state index in [-0.39, 0.29) is 5.91 Å². The van der Waals surface area contributed by atoms with E-state index < -0.39 is 0 Å². The summed E-state index contributed by atoms with van der Waals surface area (Å²) in [6.45, 7) is 5.86. The molecule has 0 saturated carbocycles. The summed E-state index contributed by atoms with van der Waals surface area (Å²) in [7, 11) is 0. The number of hydrogen-bond donors (Lipinski definition) is 0. The second-order valence-electron chi connectivity index (χ2n) is 4.63. The summed E-state index contributed by atoms with van der Waals surface area (Å²) < 4.78 is 0. The number of carbonyl (C=O) groups excluding carboxylic acids is 1. The lowest BCUT2D eigenvalue weighted by Gasteiger charge is -2.31. The van der Waals surface area contributed by atoms with Crippen LogP contribution in [0.1, 0.15) is 35.8 Å². The molecule has 0 N–H and O–H groups in total. The van der Waals surface area contributed by atoms with Gasteiger partial charge in [-0.3, -0.25) is 9.78 Å². The standard InChI is InChI=1S/C13H18N2O/c1-10-5-4-8-15(9-10)13(16)12-6-3-7-14-11(12)2/h3,6-7,10H,4-5,8-9H2,1-2H3. The van der Waals surface area contributed by atoms with Gasteiger partial charge in [0.25, 0.3) is 5.91 Å². The maximum atomic E-state index is 12.3. The molecule has 1 amide bonds. The molecular formula is C13H18N2O. The van der Waals surface area contributed by atoms with Crippen molar-refractivity contribution >= 4 is 5.91 Å². The van der Waals surface area contributed by atoms with Gasteiger partial charge in [0.05, 0.1) is 5.56 Å². The topological polar surface area (TPSA) is 33.2 Å². The zero-order valence-corrected chi connectivity index (χ0v) is 9.94. The predicted molar refractivity (Wildman–Crippen MR) is 63.3 cm³/mol. The lowest BCUT2D eigenvalue weighted by atomic mass is 9.99. The number of amides is 1. The zero-order chi connectivity index (χ0) is 11.5. The van der Waals surface area contributed by atoms with Crippen LogP contribution in [0.3, 0.4) is 0 Å². The van der Waals surface area contributed by atoms with Crippen LogP contribution in [-0.2, 0) is 0 Å². The fourth-order valence-electron chi connectivity index (χ4n) is 2.25. The molecule has 1 aromatic rings. The SMILES string of the molecule is Cc1ncccc1C(=O)N1CCCC(C)C1. The Labute approximate surface area is 96.5 Å². The molecule has 0 aromatic carbocycles. The molecule has 1 aliphatic heterocycles. The van der Waals surface area contributed by atoms with Gasteiger partial charge < -0.3 is 4.90 Å². The van der Waals surface area contributed by atoms with E-state index >= 15 is 0 Å². The Hall–Kier alpha value is -1.38. The number of piperidine rings is 1. The zero-order valence-electron chi connectivity index (χ0n) is 9.94. The Bertz CT molecular complexity index is 389. The molecule has 0 bridgehead atoms. The van der Waals surface area contributed by atoms with Crippen molar-refractivity contribution < 1.29 is 4.79 Å². The molecule has 1 saturated heterocycles. The van der Waals surface area contributed by atoms with Crippen molar-refractivity contribution in [2.45, 2.75) is 26.7 Å². The van der Waals surface area contributed by atoms with Crippen LogP contribution >= 0.6 is 0 Å². The van der Waals surface area contributed by atoms with Gasteiger partial charge in [-0.1, -0.05) is 6.92 Å². The first-order chi connectivity index (χ1) is 7.68. The highest BCUT2D eigenvalue weighted by Crippen LogP contribution is 2.18. The van der Waals surface area contributed by atoms with Crippen molar-refractivity contribution in [1.82, 2.24) is 9.88 Å². The smallest absolute Gasteiger partial charge is 0.255 e. The monoisotopic (exact) mass is 218 g/mol. The van der Waals surface area contributed by atoms with E-state index in [4.69, 9.17) is 0 Å². The number of aromatic nitrogens is 1. The number of pyridine rings is 1. The first-order valence-corrected chi connectivity index (χ1v) is 5.89. The van der Waals surface area contributed by atoms with E-state index in [2.05, 4.69) is 11.9 Å². The highest BCUT2D eigenvalue weighted by Gasteiger charge is 2.22. The second kappa shape index (κ2) is 4.64. The third-order valence-corrected chi connectivity index (χ3v) is 3.18. The summed E-state index contributed by atoms with van der Waals surface area (Å²) in [4.78, 5) is 18.4. The van der Waals surface area contributed by atoms with Gasteiger partial charge in [-0.05, 0) is 37.8 Å².